The minimum Gasteiger partial charge on any atom is -0.598 e. The molecule has 0 saturated carbocycles. The van der Waals surface area contributed by atoms with Gasteiger partial charge in [-0.2, -0.15) is 0 Å². The minimum absolute atomic E-state index is 0.00633. The second kappa shape index (κ2) is 5.39. The summed E-state index contributed by atoms with van der Waals surface area (Å²) in [6.45, 7) is 7.74. The van der Waals surface area contributed by atoms with E-state index in [0.717, 1.165) is 9.75 Å². The fourth-order valence-electron chi connectivity index (χ4n) is 1.13. The lowest BCUT2D eigenvalue weighted by Crippen LogP contribution is -2.40. The molecular formula is C11H19N3OS2. The Kier molecular flexibility index (Phi) is 4.60. The van der Waals surface area contributed by atoms with Crippen molar-refractivity contribution in [2.75, 3.05) is 0 Å². The first-order valence-electron chi connectivity index (χ1n) is 5.34. The lowest BCUT2D eigenvalue weighted by Gasteiger charge is -2.26. The molecule has 0 bridgehead atoms. The maximum Gasteiger partial charge on any atom is 0.136 e. The quantitative estimate of drug-likeness (QED) is 0.446. The third kappa shape index (κ3) is 3.99. The Morgan fingerprint density at radius 1 is 1.53 bits per heavy atom. The van der Waals surface area contributed by atoms with Gasteiger partial charge in [-0.1, -0.05) is 0 Å². The van der Waals surface area contributed by atoms with Gasteiger partial charge in [0.2, 0.25) is 0 Å². The van der Waals surface area contributed by atoms with E-state index in [1.54, 1.807) is 0 Å². The zero-order chi connectivity index (χ0) is 13.2. The number of thiophene rings is 1. The first-order chi connectivity index (χ1) is 7.71. The van der Waals surface area contributed by atoms with E-state index in [9.17, 15) is 4.55 Å². The number of nitrogen functional groups attached to an aromatic ring is 1. The van der Waals surface area contributed by atoms with Gasteiger partial charge in [0.05, 0.1) is 10.9 Å². The van der Waals surface area contributed by atoms with Gasteiger partial charge in [-0.05, 0) is 39.8 Å². The predicted octanol–water partition coefficient (Wildman–Crippen LogP) is 2.14. The molecule has 4 N–H and O–H groups in total. The van der Waals surface area contributed by atoms with Gasteiger partial charge >= 0.3 is 0 Å². The van der Waals surface area contributed by atoms with Crippen LogP contribution in [0.1, 0.15) is 43.5 Å². The van der Waals surface area contributed by atoms with Gasteiger partial charge in [-0.25, -0.2) is 0 Å². The zero-order valence-corrected chi connectivity index (χ0v) is 12.2. The highest BCUT2D eigenvalue weighted by Gasteiger charge is 2.28. The second-order valence-electron chi connectivity index (χ2n) is 4.84. The molecule has 1 heterocycles. The second-order valence-corrected chi connectivity index (χ2v) is 7.95. The average molecular weight is 273 g/mol. The van der Waals surface area contributed by atoms with Crippen LogP contribution >= 0.6 is 11.3 Å². The highest BCUT2D eigenvalue weighted by Crippen LogP contribution is 2.25. The summed E-state index contributed by atoms with van der Waals surface area (Å²) in [6, 6.07) is 3.73. The maximum absolute atomic E-state index is 11.9. The fourth-order valence-corrected chi connectivity index (χ4v) is 2.87. The summed E-state index contributed by atoms with van der Waals surface area (Å²) in [5, 5.41) is 7.34. The Morgan fingerprint density at radius 2 is 2.12 bits per heavy atom. The van der Waals surface area contributed by atoms with Crippen molar-refractivity contribution in [2.24, 2.45) is 5.73 Å². The molecule has 1 aromatic rings. The first kappa shape index (κ1) is 14.5. The van der Waals surface area contributed by atoms with Crippen LogP contribution in [0.2, 0.25) is 0 Å². The van der Waals surface area contributed by atoms with Crippen molar-refractivity contribution in [3.8, 4) is 0 Å². The van der Waals surface area contributed by atoms with Crippen LogP contribution in [0.3, 0.4) is 0 Å². The third-order valence-corrected chi connectivity index (χ3v) is 5.14. The van der Waals surface area contributed by atoms with Crippen LogP contribution in [0.15, 0.2) is 12.1 Å². The number of nitrogens with one attached hydrogen (secondary N) is 2. The third-order valence-electron chi connectivity index (χ3n) is 2.16. The van der Waals surface area contributed by atoms with Crippen LogP contribution in [0.5, 0.6) is 0 Å². The van der Waals surface area contributed by atoms with Crippen LogP contribution in [0.25, 0.3) is 0 Å². The van der Waals surface area contributed by atoms with E-state index in [2.05, 4.69) is 4.72 Å². The van der Waals surface area contributed by atoms with Gasteiger partial charge < -0.3 is 10.3 Å². The van der Waals surface area contributed by atoms with Crippen molar-refractivity contribution in [3.05, 3.63) is 21.9 Å². The van der Waals surface area contributed by atoms with Gasteiger partial charge in [-0.3, -0.25) is 5.41 Å². The predicted molar refractivity (Wildman–Crippen MR) is 74.8 cm³/mol. The van der Waals surface area contributed by atoms with Crippen molar-refractivity contribution < 1.29 is 4.55 Å². The number of hydrogen-bond acceptors (Lipinski definition) is 4. The lowest BCUT2D eigenvalue weighted by molar-refractivity contribution is 0.532. The van der Waals surface area contributed by atoms with Gasteiger partial charge in [0, 0.05) is 16.2 Å². The largest absolute Gasteiger partial charge is 0.598 e. The molecule has 96 valence electrons. The van der Waals surface area contributed by atoms with E-state index in [4.69, 9.17) is 11.1 Å². The molecule has 0 aliphatic rings. The molecular weight excluding hydrogens is 254 g/mol. The molecule has 4 nitrogen and oxygen atoms in total. The topological polar surface area (TPSA) is 85.0 Å². The van der Waals surface area contributed by atoms with E-state index in [1.807, 2.05) is 39.8 Å². The standard InChI is InChI=1S/C11H19N3OS2/c1-7(14-17(15)11(2,3)4)8-5-6-9(16-8)10(12)13/h5-7,14H,1-4H3,(H3,12,13)/t7?,17-/m1/s1. The normalized spacial score (nSPS) is 15.6. The molecule has 6 heteroatoms. The van der Waals surface area contributed by atoms with Gasteiger partial charge in [-0.15, -0.1) is 16.1 Å². The van der Waals surface area contributed by atoms with Gasteiger partial charge in [0.1, 0.15) is 10.6 Å². The van der Waals surface area contributed by atoms with E-state index in [0.29, 0.717) is 0 Å². The van der Waals surface area contributed by atoms with Crippen LogP contribution in [0.4, 0.5) is 0 Å². The summed E-state index contributed by atoms with van der Waals surface area (Å²) in [5.74, 6) is 0.0744. The molecule has 0 aliphatic heterocycles. The van der Waals surface area contributed by atoms with E-state index in [1.165, 1.54) is 11.3 Å². The summed E-state index contributed by atoms with van der Waals surface area (Å²) in [4.78, 5) is 1.78. The van der Waals surface area contributed by atoms with Crippen LogP contribution < -0.4 is 10.5 Å². The smallest absolute Gasteiger partial charge is 0.136 e. The van der Waals surface area contributed by atoms with E-state index in [-0.39, 0.29) is 16.6 Å². The van der Waals surface area contributed by atoms with E-state index < -0.39 is 11.4 Å². The van der Waals surface area contributed by atoms with Crippen molar-refractivity contribution in [1.82, 2.24) is 4.72 Å². The molecule has 0 radical (unpaired) electrons. The molecule has 0 fully saturated rings. The molecule has 0 spiro atoms. The molecule has 1 unspecified atom stereocenters. The zero-order valence-electron chi connectivity index (χ0n) is 10.5. The van der Waals surface area contributed by atoms with Crippen molar-refractivity contribution in [3.63, 3.8) is 0 Å². The molecule has 1 rings (SSSR count). The van der Waals surface area contributed by atoms with Gasteiger partial charge in [0.25, 0.3) is 0 Å². The molecule has 0 amide bonds. The Bertz CT molecular complexity index is 398. The molecule has 17 heavy (non-hydrogen) atoms. The Balaban J connectivity index is 2.70. The highest BCUT2D eigenvalue weighted by molar-refractivity contribution is 7.90. The van der Waals surface area contributed by atoms with Crippen molar-refractivity contribution in [2.45, 2.75) is 38.5 Å². The molecule has 1 aromatic heterocycles. The molecule has 0 saturated heterocycles. The lowest BCUT2D eigenvalue weighted by atomic mass is 10.3. The summed E-state index contributed by atoms with van der Waals surface area (Å²) >= 11 is 0.358. The molecule has 0 aromatic carbocycles. The Labute approximate surface area is 109 Å². The average Bonchev–Trinajstić information content (AvgIpc) is 2.64. The van der Waals surface area contributed by atoms with E-state index >= 15 is 0 Å². The number of rotatable bonds is 4. The fraction of sp³-hybridized carbons (Fsp3) is 0.545. The highest BCUT2D eigenvalue weighted by atomic mass is 32.2. The van der Waals surface area contributed by atoms with Crippen molar-refractivity contribution in [1.29, 1.82) is 5.41 Å². The maximum atomic E-state index is 11.9. The first-order valence-corrected chi connectivity index (χ1v) is 7.30. The van der Waals surface area contributed by atoms with Crippen LogP contribution in [0, 0.1) is 5.41 Å². The molecule has 0 aliphatic carbocycles. The summed E-state index contributed by atoms with van der Waals surface area (Å²) < 4.78 is 14.7. The minimum atomic E-state index is -1.10. The summed E-state index contributed by atoms with van der Waals surface area (Å²) in [5.41, 5.74) is 5.41. The van der Waals surface area contributed by atoms with Crippen molar-refractivity contribution >= 4 is 28.5 Å². The monoisotopic (exact) mass is 273 g/mol. The number of nitrogens with two attached hydrogens (primary N) is 1. The Hall–Kier alpha value is -0.560. The summed E-state index contributed by atoms with van der Waals surface area (Å²) in [6.07, 6.45) is 0. The van der Waals surface area contributed by atoms with Crippen LogP contribution in [-0.2, 0) is 11.4 Å². The number of amidine groups is 1. The SMILES string of the molecule is CC(N[S@+]([O-])C(C)(C)C)c1ccc(C(=N)N)s1. The summed E-state index contributed by atoms with van der Waals surface area (Å²) in [7, 11) is 0. The van der Waals surface area contributed by atoms with Crippen LogP contribution in [-0.4, -0.2) is 15.1 Å². The molecule has 2 atom stereocenters. The number of hydrogen-bond donors (Lipinski definition) is 3. The Morgan fingerprint density at radius 3 is 2.53 bits per heavy atom. The van der Waals surface area contributed by atoms with Gasteiger partial charge in [0.15, 0.2) is 0 Å².